The molecule has 6 heteroatoms. The van der Waals surface area contributed by atoms with Gasteiger partial charge in [-0.3, -0.25) is 14.9 Å². The monoisotopic (exact) mass is 300 g/mol. The van der Waals surface area contributed by atoms with E-state index in [0.29, 0.717) is 32.0 Å². The van der Waals surface area contributed by atoms with Gasteiger partial charge in [0.05, 0.1) is 25.5 Å². The number of aryl methyl sites for hydroxylation is 1. The van der Waals surface area contributed by atoms with Gasteiger partial charge in [-0.15, -0.1) is 0 Å². The molecule has 2 aromatic heterocycles. The third kappa shape index (κ3) is 3.92. The van der Waals surface area contributed by atoms with E-state index in [4.69, 9.17) is 4.74 Å². The summed E-state index contributed by atoms with van der Waals surface area (Å²) in [7, 11) is 0. The van der Waals surface area contributed by atoms with Crippen LogP contribution in [0.1, 0.15) is 17.5 Å². The Hall–Kier alpha value is -2.21. The zero-order valence-electron chi connectivity index (χ0n) is 12.4. The molecule has 0 aromatic carbocycles. The number of hydrogen-bond acceptors (Lipinski definition) is 4. The van der Waals surface area contributed by atoms with Crippen LogP contribution in [0.4, 0.5) is 0 Å². The summed E-state index contributed by atoms with van der Waals surface area (Å²) in [6.45, 7) is 1.28. The molecule has 0 bridgehead atoms. The van der Waals surface area contributed by atoms with Crippen molar-refractivity contribution in [3.63, 3.8) is 0 Å². The molecule has 116 valence electrons. The van der Waals surface area contributed by atoms with E-state index >= 15 is 0 Å². The summed E-state index contributed by atoms with van der Waals surface area (Å²) in [5.41, 5.74) is 2.27. The van der Waals surface area contributed by atoms with Crippen LogP contribution < -0.4 is 5.32 Å². The normalized spacial score (nSPS) is 20.9. The summed E-state index contributed by atoms with van der Waals surface area (Å²) in [4.78, 5) is 16.1. The van der Waals surface area contributed by atoms with E-state index in [9.17, 15) is 4.79 Å². The van der Waals surface area contributed by atoms with Crippen molar-refractivity contribution in [2.45, 2.75) is 25.3 Å². The van der Waals surface area contributed by atoms with Crippen LogP contribution in [0.15, 0.2) is 36.9 Å². The van der Waals surface area contributed by atoms with Crippen LogP contribution in [0, 0.1) is 5.92 Å². The molecule has 1 fully saturated rings. The topological polar surface area (TPSA) is 79.9 Å². The first kappa shape index (κ1) is 14.7. The maximum Gasteiger partial charge on any atom is 0.220 e. The minimum Gasteiger partial charge on any atom is -0.379 e. The van der Waals surface area contributed by atoms with E-state index in [1.807, 2.05) is 18.3 Å². The molecule has 0 spiro atoms. The van der Waals surface area contributed by atoms with Crippen molar-refractivity contribution in [2.75, 3.05) is 13.2 Å². The van der Waals surface area contributed by atoms with Crippen LogP contribution in [-0.4, -0.2) is 40.3 Å². The van der Waals surface area contributed by atoms with Crippen molar-refractivity contribution < 1.29 is 9.53 Å². The molecule has 1 aliphatic rings. The smallest absolute Gasteiger partial charge is 0.220 e. The second-order valence-electron chi connectivity index (χ2n) is 5.64. The molecule has 2 atom stereocenters. The lowest BCUT2D eigenvalue weighted by Crippen LogP contribution is -2.40. The molecule has 1 aliphatic heterocycles. The summed E-state index contributed by atoms with van der Waals surface area (Å²) in [6, 6.07) is 4.11. The van der Waals surface area contributed by atoms with E-state index in [-0.39, 0.29) is 11.9 Å². The second-order valence-corrected chi connectivity index (χ2v) is 5.64. The van der Waals surface area contributed by atoms with E-state index < -0.39 is 0 Å². The number of nitrogens with one attached hydrogen (secondary N) is 2. The maximum atomic E-state index is 12.1. The lowest BCUT2D eigenvalue weighted by Gasteiger charge is -2.19. The van der Waals surface area contributed by atoms with Crippen molar-refractivity contribution in [2.24, 2.45) is 5.92 Å². The zero-order chi connectivity index (χ0) is 15.2. The lowest BCUT2D eigenvalue weighted by molar-refractivity contribution is -0.122. The standard InChI is InChI=1S/C16H20N4O2/c21-16(2-1-13-8-18-19-9-13)20-15-11-22-10-14(15)7-12-3-5-17-6-4-12/h3-6,8-9,14-15H,1-2,7,10-11H2,(H,18,19)(H,20,21)/t14-,15-/m1/s1. The van der Waals surface area contributed by atoms with Crippen LogP contribution >= 0.6 is 0 Å². The minimum atomic E-state index is 0.0661. The molecular weight excluding hydrogens is 280 g/mol. The third-order valence-corrected chi connectivity index (χ3v) is 3.99. The van der Waals surface area contributed by atoms with Gasteiger partial charge in [0.2, 0.25) is 5.91 Å². The van der Waals surface area contributed by atoms with Crippen molar-refractivity contribution in [3.8, 4) is 0 Å². The number of H-pyrrole nitrogens is 1. The Bertz CT molecular complexity index is 585. The van der Waals surface area contributed by atoms with E-state index in [0.717, 1.165) is 12.0 Å². The fourth-order valence-electron chi connectivity index (χ4n) is 2.73. The van der Waals surface area contributed by atoms with Gasteiger partial charge in [0.15, 0.2) is 0 Å². The molecule has 22 heavy (non-hydrogen) atoms. The summed E-state index contributed by atoms with van der Waals surface area (Å²) >= 11 is 0. The van der Waals surface area contributed by atoms with Crippen molar-refractivity contribution in [1.82, 2.24) is 20.5 Å². The van der Waals surface area contributed by atoms with Gasteiger partial charge < -0.3 is 10.1 Å². The molecule has 3 rings (SSSR count). The molecule has 3 heterocycles. The van der Waals surface area contributed by atoms with Crippen LogP contribution in [0.2, 0.25) is 0 Å². The average molecular weight is 300 g/mol. The van der Waals surface area contributed by atoms with Crippen LogP contribution in [0.3, 0.4) is 0 Å². The summed E-state index contributed by atoms with van der Waals surface area (Å²) in [6.07, 6.45) is 9.22. The largest absolute Gasteiger partial charge is 0.379 e. The van der Waals surface area contributed by atoms with Crippen molar-refractivity contribution in [1.29, 1.82) is 0 Å². The van der Waals surface area contributed by atoms with Gasteiger partial charge in [-0.25, -0.2) is 0 Å². The molecule has 0 aliphatic carbocycles. The predicted octanol–water partition coefficient (Wildman–Crippen LogP) is 1.11. The van der Waals surface area contributed by atoms with Gasteiger partial charge in [-0.05, 0) is 36.1 Å². The number of rotatable bonds is 6. The number of aromatic nitrogens is 3. The number of hydrogen-bond donors (Lipinski definition) is 2. The summed E-state index contributed by atoms with van der Waals surface area (Å²) < 4.78 is 5.55. The van der Waals surface area contributed by atoms with Gasteiger partial charge in [-0.2, -0.15) is 5.10 Å². The number of nitrogens with zero attached hydrogens (tertiary/aromatic N) is 2. The van der Waals surface area contributed by atoms with Gasteiger partial charge in [0.1, 0.15) is 0 Å². The van der Waals surface area contributed by atoms with E-state index in [2.05, 4.69) is 20.5 Å². The fourth-order valence-corrected chi connectivity index (χ4v) is 2.73. The number of aromatic amines is 1. The van der Waals surface area contributed by atoms with Gasteiger partial charge in [0, 0.05) is 30.9 Å². The minimum absolute atomic E-state index is 0.0661. The molecule has 0 saturated carbocycles. The van der Waals surface area contributed by atoms with Crippen molar-refractivity contribution >= 4 is 5.91 Å². The van der Waals surface area contributed by atoms with Crippen LogP contribution in [-0.2, 0) is 22.4 Å². The summed E-state index contributed by atoms with van der Waals surface area (Å²) in [5.74, 6) is 0.386. The first-order valence-electron chi connectivity index (χ1n) is 7.55. The number of carbonyl (C=O) groups is 1. The Morgan fingerprint density at radius 1 is 1.32 bits per heavy atom. The molecule has 6 nitrogen and oxygen atoms in total. The second kappa shape index (κ2) is 7.17. The Morgan fingerprint density at radius 2 is 2.18 bits per heavy atom. The molecular formula is C16H20N4O2. The highest BCUT2D eigenvalue weighted by Gasteiger charge is 2.29. The van der Waals surface area contributed by atoms with Crippen LogP contribution in [0.5, 0.6) is 0 Å². The quantitative estimate of drug-likeness (QED) is 0.837. The molecule has 1 amide bonds. The lowest BCUT2D eigenvalue weighted by atomic mass is 9.95. The highest BCUT2D eigenvalue weighted by molar-refractivity contribution is 5.76. The molecule has 2 aromatic rings. The molecule has 0 radical (unpaired) electrons. The zero-order valence-corrected chi connectivity index (χ0v) is 12.4. The number of ether oxygens (including phenoxy) is 1. The SMILES string of the molecule is O=C(CCc1cn[nH]c1)N[C@@H]1COC[C@H]1Cc1ccncc1. The highest BCUT2D eigenvalue weighted by Crippen LogP contribution is 2.19. The highest BCUT2D eigenvalue weighted by atomic mass is 16.5. The number of pyridine rings is 1. The summed E-state index contributed by atoms with van der Waals surface area (Å²) in [5, 5.41) is 9.74. The molecule has 2 N–H and O–H groups in total. The Labute approximate surface area is 129 Å². The van der Waals surface area contributed by atoms with E-state index in [1.54, 1.807) is 18.6 Å². The van der Waals surface area contributed by atoms with Gasteiger partial charge >= 0.3 is 0 Å². The van der Waals surface area contributed by atoms with Crippen molar-refractivity contribution in [3.05, 3.63) is 48.0 Å². The predicted molar refractivity (Wildman–Crippen MR) is 81.1 cm³/mol. The van der Waals surface area contributed by atoms with Gasteiger partial charge in [0.25, 0.3) is 0 Å². The number of carbonyl (C=O) groups excluding carboxylic acids is 1. The van der Waals surface area contributed by atoms with Gasteiger partial charge in [-0.1, -0.05) is 0 Å². The first-order chi connectivity index (χ1) is 10.8. The third-order valence-electron chi connectivity index (χ3n) is 3.99. The first-order valence-corrected chi connectivity index (χ1v) is 7.55. The Balaban J connectivity index is 1.49. The maximum absolute atomic E-state index is 12.1. The molecule has 1 saturated heterocycles. The van der Waals surface area contributed by atoms with E-state index in [1.165, 1.54) is 5.56 Å². The van der Waals surface area contributed by atoms with Crippen LogP contribution in [0.25, 0.3) is 0 Å². The Kier molecular flexibility index (Phi) is 4.80. The Morgan fingerprint density at radius 3 is 2.95 bits per heavy atom. The molecule has 0 unspecified atom stereocenters. The average Bonchev–Trinajstić information content (AvgIpc) is 3.19. The number of amides is 1. The fraction of sp³-hybridized carbons (Fsp3) is 0.438.